The highest BCUT2D eigenvalue weighted by molar-refractivity contribution is 6.34. The Bertz CT molecular complexity index is 570. The summed E-state index contributed by atoms with van der Waals surface area (Å²) in [5.74, 6) is -0.729. The second kappa shape index (κ2) is 6.45. The monoisotopic (exact) mass is 278 g/mol. The molecule has 19 heavy (non-hydrogen) atoms. The van der Waals surface area contributed by atoms with Crippen LogP contribution in [0.4, 0.5) is 4.39 Å². The van der Waals surface area contributed by atoms with Crippen LogP contribution in [0.15, 0.2) is 48.5 Å². The first-order chi connectivity index (χ1) is 9.16. The minimum absolute atomic E-state index is 0.0831. The fraction of sp³-hybridized carbons (Fsp3) is 0.133. The predicted molar refractivity (Wildman–Crippen MR) is 71.8 cm³/mol. The molecule has 2 rings (SSSR count). The van der Waals surface area contributed by atoms with Crippen molar-refractivity contribution in [1.82, 2.24) is 0 Å². The quantitative estimate of drug-likeness (QED) is 0.776. The Hall–Kier alpha value is -1.71. The van der Waals surface area contributed by atoms with Crippen LogP contribution in [-0.2, 0) is 11.3 Å². The zero-order chi connectivity index (χ0) is 13.7. The molecular formula is C15H12ClFO2. The highest BCUT2D eigenvalue weighted by Gasteiger charge is 2.11. The summed E-state index contributed by atoms with van der Waals surface area (Å²) in [6, 6.07) is 13.2. The lowest BCUT2D eigenvalue weighted by Crippen LogP contribution is -2.09. The molecule has 0 saturated carbocycles. The van der Waals surface area contributed by atoms with Gasteiger partial charge in [-0.2, -0.15) is 0 Å². The Morgan fingerprint density at radius 2 is 1.89 bits per heavy atom. The van der Waals surface area contributed by atoms with Crippen molar-refractivity contribution in [3.8, 4) is 0 Å². The Morgan fingerprint density at radius 1 is 1.16 bits per heavy atom. The Labute approximate surface area is 115 Å². The molecule has 2 nitrogen and oxygen atoms in total. The summed E-state index contributed by atoms with van der Waals surface area (Å²) in [4.78, 5) is 11.8. The average Bonchev–Trinajstić information content (AvgIpc) is 2.39. The zero-order valence-electron chi connectivity index (χ0n) is 10.1. The summed E-state index contributed by atoms with van der Waals surface area (Å²) < 4.78 is 18.2. The van der Waals surface area contributed by atoms with Crippen molar-refractivity contribution < 1.29 is 13.9 Å². The highest BCUT2D eigenvalue weighted by atomic mass is 35.5. The number of carbonyl (C=O) groups is 1. The third kappa shape index (κ3) is 3.88. The van der Waals surface area contributed by atoms with Crippen molar-refractivity contribution in [2.45, 2.75) is 6.61 Å². The number of ether oxygens (including phenoxy) is 1. The highest BCUT2D eigenvalue weighted by Crippen LogP contribution is 2.18. The molecule has 0 aliphatic heterocycles. The van der Waals surface area contributed by atoms with Crippen LogP contribution in [0.1, 0.15) is 15.9 Å². The number of halogens is 2. The summed E-state index contributed by atoms with van der Waals surface area (Å²) in [5.41, 5.74) is 1.26. The molecule has 98 valence electrons. The first kappa shape index (κ1) is 13.7. The molecule has 0 heterocycles. The summed E-state index contributed by atoms with van der Waals surface area (Å²) >= 11 is 5.80. The van der Waals surface area contributed by atoms with Gasteiger partial charge < -0.3 is 4.74 Å². The second-order valence-corrected chi connectivity index (χ2v) is 4.43. The van der Waals surface area contributed by atoms with Gasteiger partial charge in [-0.15, -0.1) is 0 Å². The molecule has 0 atom stereocenters. The number of carbonyl (C=O) groups excluding carboxylic acids is 1. The summed E-state index contributed by atoms with van der Waals surface area (Å²) in [6.07, 6.45) is 0. The molecule has 0 spiro atoms. The lowest BCUT2D eigenvalue weighted by Gasteiger charge is -2.05. The lowest BCUT2D eigenvalue weighted by atomic mass is 10.1. The lowest BCUT2D eigenvalue weighted by molar-refractivity contribution is 0.0726. The summed E-state index contributed by atoms with van der Waals surface area (Å²) in [6.45, 7) is 0.269. The topological polar surface area (TPSA) is 26.3 Å². The predicted octanol–water partition coefficient (Wildman–Crippen LogP) is 3.88. The zero-order valence-corrected chi connectivity index (χ0v) is 10.9. The Balaban J connectivity index is 1.91. The minimum atomic E-state index is -0.466. The average molecular weight is 279 g/mol. The van der Waals surface area contributed by atoms with Gasteiger partial charge in [0, 0.05) is 5.56 Å². The van der Waals surface area contributed by atoms with Crippen LogP contribution in [0.25, 0.3) is 0 Å². The maximum atomic E-state index is 12.9. The van der Waals surface area contributed by atoms with Crippen molar-refractivity contribution in [3.05, 3.63) is 70.5 Å². The van der Waals surface area contributed by atoms with Gasteiger partial charge in [0.2, 0.25) is 0 Å². The van der Waals surface area contributed by atoms with Gasteiger partial charge in [0.1, 0.15) is 12.4 Å². The van der Waals surface area contributed by atoms with Crippen LogP contribution >= 0.6 is 11.6 Å². The standard InChI is InChI=1S/C15H12ClFO2/c16-14-8-12(17)6-7-13(14)15(18)10-19-9-11-4-2-1-3-5-11/h1-8H,9-10H2. The first-order valence-corrected chi connectivity index (χ1v) is 6.14. The van der Waals surface area contributed by atoms with Crippen LogP contribution < -0.4 is 0 Å². The van der Waals surface area contributed by atoms with Gasteiger partial charge in [0.25, 0.3) is 0 Å². The van der Waals surface area contributed by atoms with E-state index in [0.717, 1.165) is 11.6 Å². The number of ketones is 1. The molecule has 0 fully saturated rings. The molecule has 0 aliphatic rings. The Kier molecular flexibility index (Phi) is 4.66. The molecule has 0 N–H and O–H groups in total. The minimum Gasteiger partial charge on any atom is -0.369 e. The molecule has 2 aromatic rings. The van der Waals surface area contributed by atoms with Crippen molar-refractivity contribution in [1.29, 1.82) is 0 Å². The van der Waals surface area contributed by atoms with E-state index in [4.69, 9.17) is 16.3 Å². The van der Waals surface area contributed by atoms with Gasteiger partial charge in [0.15, 0.2) is 5.78 Å². The van der Waals surface area contributed by atoms with Gasteiger partial charge >= 0.3 is 0 Å². The van der Waals surface area contributed by atoms with Crippen molar-refractivity contribution in [2.24, 2.45) is 0 Å². The van der Waals surface area contributed by atoms with E-state index in [1.54, 1.807) is 0 Å². The number of rotatable bonds is 5. The number of Topliss-reactive ketones (excluding diaryl/α,β-unsaturated/α-hetero) is 1. The molecule has 0 aromatic heterocycles. The van der Waals surface area contributed by atoms with E-state index >= 15 is 0 Å². The fourth-order valence-corrected chi connectivity index (χ4v) is 1.90. The van der Waals surface area contributed by atoms with Gasteiger partial charge in [-0.05, 0) is 23.8 Å². The number of hydrogen-bond donors (Lipinski definition) is 0. The van der Waals surface area contributed by atoms with E-state index in [1.165, 1.54) is 12.1 Å². The van der Waals surface area contributed by atoms with Crippen molar-refractivity contribution in [2.75, 3.05) is 6.61 Å². The van der Waals surface area contributed by atoms with Gasteiger partial charge in [-0.25, -0.2) is 4.39 Å². The smallest absolute Gasteiger partial charge is 0.189 e. The van der Waals surface area contributed by atoms with E-state index in [1.807, 2.05) is 30.3 Å². The van der Waals surface area contributed by atoms with Crippen LogP contribution in [0.5, 0.6) is 0 Å². The normalized spacial score (nSPS) is 10.4. The van der Waals surface area contributed by atoms with Crippen molar-refractivity contribution >= 4 is 17.4 Å². The molecular weight excluding hydrogens is 267 g/mol. The van der Waals surface area contributed by atoms with E-state index in [2.05, 4.69) is 0 Å². The summed E-state index contributed by atoms with van der Waals surface area (Å²) in [7, 11) is 0. The second-order valence-electron chi connectivity index (χ2n) is 4.03. The van der Waals surface area contributed by atoms with Gasteiger partial charge in [0.05, 0.1) is 11.6 Å². The van der Waals surface area contributed by atoms with Crippen LogP contribution in [0, 0.1) is 5.82 Å². The molecule has 0 aliphatic carbocycles. The molecule has 0 radical (unpaired) electrons. The summed E-state index contributed by atoms with van der Waals surface area (Å²) in [5, 5.41) is 0.105. The van der Waals surface area contributed by atoms with E-state index in [0.29, 0.717) is 6.61 Å². The molecule has 0 amide bonds. The number of hydrogen-bond acceptors (Lipinski definition) is 2. The van der Waals surface area contributed by atoms with E-state index in [9.17, 15) is 9.18 Å². The fourth-order valence-electron chi connectivity index (χ4n) is 1.63. The third-order valence-corrected chi connectivity index (χ3v) is 2.89. The van der Waals surface area contributed by atoms with Crippen LogP contribution in [0.3, 0.4) is 0 Å². The molecule has 2 aromatic carbocycles. The van der Waals surface area contributed by atoms with E-state index in [-0.39, 0.29) is 23.0 Å². The van der Waals surface area contributed by atoms with Crippen LogP contribution in [0.2, 0.25) is 5.02 Å². The molecule has 0 unspecified atom stereocenters. The molecule has 0 saturated heterocycles. The van der Waals surface area contributed by atoms with Gasteiger partial charge in [-0.1, -0.05) is 41.9 Å². The maximum absolute atomic E-state index is 12.9. The maximum Gasteiger partial charge on any atom is 0.189 e. The van der Waals surface area contributed by atoms with Gasteiger partial charge in [-0.3, -0.25) is 4.79 Å². The Morgan fingerprint density at radius 3 is 2.58 bits per heavy atom. The molecule has 4 heteroatoms. The number of benzene rings is 2. The van der Waals surface area contributed by atoms with E-state index < -0.39 is 5.82 Å². The molecule has 0 bridgehead atoms. The SMILES string of the molecule is O=C(COCc1ccccc1)c1ccc(F)cc1Cl. The van der Waals surface area contributed by atoms with Crippen LogP contribution in [-0.4, -0.2) is 12.4 Å². The van der Waals surface area contributed by atoms with Crippen molar-refractivity contribution in [3.63, 3.8) is 0 Å². The first-order valence-electron chi connectivity index (χ1n) is 5.77. The third-order valence-electron chi connectivity index (χ3n) is 2.58. The largest absolute Gasteiger partial charge is 0.369 e.